The predicted octanol–water partition coefficient (Wildman–Crippen LogP) is 1.80. The van der Waals surface area contributed by atoms with Gasteiger partial charge in [-0.2, -0.15) is 0 Å². The van der Waals surface area contributed by atoms with Crippen LogP contribution >= 0.6 is 0 Å². The molecule has 0 aromatic heterocycles. The molecule has 26 heavy (non-hydrogen) atoms. The van der Waals surface area contributed by atoms with Crippen molar-refractivity contribution in [1.29, 1.82) is 0 Å². The SMILES string of the molecule is CCOC(=O)c1cc(C(=O)NC(C)C(=O)NC(C)(C)C)cc([N+](=O)[O-])c1. The number of nitrogens with one attached hydrogen (secondary N) is 2. The van der Waals surface area contributed by atoms with Crippen molar-refractivity contribution in [3.63, 3.8) is 0 Å². The maximum atomic E-state index is 12.4. The summed E-state index contributed by atoms with van der Waals surface area (Å²) in [4.78, 5) is 46.6. The number of amides is 2. The molecule has 1 aromatic rings. The number of esters is 1. The third kappa shape index (κ3) is 6.15. The number of carbonyl (C=O) groups excluding carboxylic acids is 3. The van der Waals surface area contributed by atoms with Gasteiger partial charge in [-0.05, 0) is 40.7 Å². The molecule has 1 atom stereocenters. The van der Waals surface area contributed by atoms with Crippen LogP contribution in [0.2, 0.25) is 0 Å². The molecule has 0 fully saturated rings. The van der Waals surface area contributed by atoms with Crippen LogP contribution < -0.4 is 10.6 Å². The fourth-order valence-electron chi connectivity index (χ4n) is 2.00. The zero-order valence-electron chi connectivity index (χ0n) is 15.4. The van der Waals surface area contributed by atoms with E-state index in [-0.39, 0.29) is 17.7 Å². The Hall–Kier alpha value is -2.97. The van der Waals surface area contributed by atoms with Gasteiger partial charge >= 0.3 is 5.97 Å². The van der Waals surface area contributed by atoms with Gasteiger partial charge in [0.05, 0.1) is 17.1 Å². The Morgan fingerprint density at radius 2 is 1.77 bits per heavy atom. The van der Waals surface area contributed by atoms with Crippen molar-refractivity contribution in [3.05, 3.63) is 39.4 Å². The molecule has 0 saturated carbocycles. The minimum Gasteiger partial charge on any atom is -0.462 e. The van der Waals surface area contributed by atoms with Crippen molar-refractivity contribution in [2.24, 2.45) is 0 Å². The third-order valence-corrected chi connectivity index (χ3v) is 3.14. The summed E-state index contributed by atoms with van der Waals surface area (Å²) < 4.78 is 4.81. The standard InChI is InChI=1S/C17H23N3O6/c1-6-26-16(23)12-7-11(8-13(9-12)20(24)25)15(22)18-10(2)14(21)19-17(3,4)5/h7-10H,6H2,1-5H3,(H,18,22)(H,19,21). The number of hydrogen-bond acceptors (Lipinski definition) is 6. The van der Waals surface area contributed by atoms with E-state index in [0.717, 1.165) is 12.1 Å². The first-order chi connectivity index (χ1) is 11.9. The largest absolute Gasteiger partial charge is 0.462 e. The van der Waals surface area contributed by atoms with Gasteiger partial charge in [-0.25, -0.2) is 4.79 Å². The van der Waals surface area contributed by atoms with Crippen LogP contribution in [-0.4, -0.2) is 40.9 Å². The van der Waals surface area contributed by atoms with E-state index in [4.69, 9.17) is 4.74 Å². The Labute approximate surface area is 151 Å². The summed E-state index contributed by atoms with van der Waals surface area (Å²) in [6.07, 6.45) is 0. The first-order valence-corrected chi connectivity index (χ1v) is 8.04. The van der Waals surface area contributed by atoms with Gasteiger partial charge in [0.15, 0.2) is 0 Å². The summed E-state index contributed by atoms with van der Waals surface area (Å²) in [5, 5.41) is 16.2. The van der Waals surface area contributed by atoms with Crippen LogP contribution in [0.15, 0.2) is 18.2 Å². The van der Waals surface area contributed by atoms with E-state index in [1.807, 2.05) is 0 Å². The lowest BCUT2D eigenvalue weighted by Gasteiger charge is -2.23. The van der Waals surface area contributed by atoms with Gasteiger partial charge in [-0.15, -0.1) is 0 Å². The summed E-state index contributed by atoms with van der Waals surface area (Å²) in [6.45, 7) is 8.57. The average Bonchev–Trinajstić information content (AvgIpc) is 2.52. The molecule has 1 rings (SSSR count). The highest BCUT2D eigenvalue weighted by Crippen LogP contribution is 2.18. The van der Waals surface area contributed by atoms with E-state index in [1.165, 1.54) is 13.0 Å². The van der Waals surface area contributed by atoms with E-state index in [2.05, 4.69) is 10.6 Å². The molecule has 0 bridgehead atoms. The molecule has 0 aliphatic rings. The first-order valence-electron chi connectivity index (χ1n) is 8.04. The van der Waals surface area contributed by atoms with Crippen LogP contribution in [0.3, 0.4) is 0 Å². The normalized spacial score (nSPS) is 12.0. The second kappa shape index (κ2) is 8.41. The smallest absolute Gasteiger partial charge is 0.338 e. The lowest BCUT2D eigenvalue weighted by molar-refractivity contribution is -0.384. The number of ether oxygens (including phenoxy) is 1. The molecule has 2 N–H and O–H groups in total. The van der Waals surface area contributed by atoms with Gasteiger partial charge < -0.3 is 15.4 Å². The molecule has 0 saturated heterocycles. The summed E-state index contributed by atoms with van der Waals surface area (Å²) in [6, 6.07) is 2.39. The van der Waals surface area contributed by atoms with Crippen LogP contribution in [0.5, 0.6) is 0 Å². The van der Waals surface area contributed by atoms with Crippen molar-refractivity contribution in [1.82, 2.24) is 10.6 Å². The van der Waals surface area contributed by atoms with Gasteiger partial charge in [0.25, 0.3) is 11.6 Å². The molecular weight excluding hydrogens is 342 g/mol. The maximum absolute atomic E-state index is 12.4. The minimum absolute atomic E-state index is 0.0903. The Balaban J connectivity index is 3.05. The zero-order valence-corrected chi connectivity index (χ0v) is 15.4. The van der Waals surface area contributed by atoms with E-state index < -0.39 is 40.0 Å². The molecule has 2 amide bonds. The van der Waals surface area contributed by atoms with Crippen molar-refractivity contribution in [2.45, 2.75) is 46.2 Å². The van der Waals surface area contributed by atoms with Crippen molar-refractivity contribution >= 4 is 23.5 Å². The molecule has 9 heteroatoms. The molecule has 0 radical (unpaired) electrons. The number of nitrogens with zero attached hydrogens (tertiary/aromatic N) is 1. The fraction of sp³-hybridized carbons (Fsp3) is 0.471. The number of nitro groups is 1. The molecule has 1 aromatic carbocycles. The van der Waals surface area contributed by atoms with Gasteiger partial charge in [-0.3, -0.25) is 19.7 Å². The zero-order chi connectivity index (χ0) is 20.1. The topological polar surface area (TPSA) is 128 Å². The van der Waals surface area contributed by atoms with E-state index in [9.17, 15) is 24.5 Å². The van der Waals surface area contributed by atoms with E-state index >= 15 is 0 Å². The van der Waals surface area contributed by atoms with Gasteiger partial charge in [-0.1, -0.05) is 0 Å². The fourth-order valence-corrected chi connectivity index (χ4v) is 2.00. The van der Waals surface area contributed by atoms with Gasteiger partial charge in [0.2, 0.25) is 5.91 Å². The van der Waals surface area contributed by atoms with Crippen LogP contribution in [-0.2, 0) is 9.53 Å². The van der Waals surface area contributed by atoms with Crippen LogP contribution in [0.4, 0.5) is 5.69 Å². The first kappa shape index (κ1) is 21.1. The molecule has 1 unspecified atom stereocenters. The van der Waals surface area contributed by atoms with Crippen molar-refractivity contribution in [2.75, 3.05) is 6.61 Å². The minimum atomic E-state index is -0.868. The highest BCUT2D eigenvalue weighted by atomic mass is 16.6. The van der Waals surface area contributed by atoms with E-state index in [1.54, 1.807) is 27.7 Å². The number of carbonyl (C=O) groups is 3. The molecule has 0 spiro atoms. The number of non-ortho nitro benzene ring substituents is 1. The second-order valence-corrected chi connectivity index (χ2v) is 6.68. The molecule has 0 aliphatic heterocycles. The Morgan fingerprint density at radius 3 is 2.27 bits per heavy atom. The third-order valence-electron chi connectivity index (χ3n) is 3.14. The summed E-state index contributed by atoms with van der Waals surface area (Å²) in [7, 11) is 0. The number of nitro benzene ring substituents is 1. The highest BCUT2D eigenvalue weighted by Gasteiger charge is 2.23. The van der Waals surface area contributed by atoms with Crippen molar-refractivity contribution < 1.29 is 24.0 Å². The Morgan fingerprint density at radius 1 is 1.19 bits per heavy atom. The Kier molecular flexibility index (Phi) is 6.82. The quantitative estimate of drug-likeness (QED) is 0.449. The maximum Gasteiger partial charge on any atom is 0.338 e. The molecule has 9 nitrogen and oxygen atoms in total. The average molecular weight is 365 g/mol. The molecular formula is C17H23N3O6. The summed E-state index contributed by atoms with van der Waals surface area (Å²) in [5.74, 6) is -1.89. The second-order valence-electron chi connectivity index (χ2n) is 6.68. The Bertz CT molecular complexity index is 724. The van der Waals surface area contributed by atoms with E-state index in [0.29, 0.717) is 0 Å². The number of hydrogen-bond donors (Lipinski definition) is 2. The number of rotatable bonds is 6. The lowest BCUT2D eigenvalue weighted by atomic mass is 10.1. The molecule has 142 valence electrons. The van der Waals surface area contributed by atoms with Crippen molar-refractivity contribution in [3.8, 4) is 0 Å². The van der Waals surface area contributed by atoms with Crippen LogP contribution in [0, 0.1) is 10.1 Å². The summed E-state index contributed by atoms with van der Waals surface area (Å²) in [5.41, 5.74) is -1.12. The lowest BCUT2D eigenvalue weighted by Crippen LogP contribution is -2.50. The molecule has 0 heterocycles. The molecule has 0 aliphatic carbocycles. The van der Waals surface area contributed by atoms with Gasteiger partial charge in [0, 0.05) is 23.2 Å². The summed E-state index contributed by atoms with van der Waals surface area (Å²) >= 11 is 0. The number of benzene rings is 1. The highest BCUT2D eigenvalue weighted by molar-refractivity contribution is 6.00. The monoisotopic (exact) mass is 365 g/mol. The van der Waals surface area contributed by atoms with Gasteiger partial charge in [0.1, 0.15) is 6.04 Å². The van der Waals surface area contributed by atoms with Crippen LogP contribution in [0.25, 0.3) is 0 Å². The predicted molar refractivity (Wildman–Crippen MR) is 93.9 cm³/mol. The van der Waals surface area contributed by atoms with Crippen LogP contribution in [0.1, 0.15) is 55.3 Å².